The highest BCUT2D eigenvalue weighted by Gasteiger charge is 2.40. The van der Waals surface area contributed by atoms with Crippen molar-refractivity contribution >= 4 is 0 Å². The Kier molecular flexibility index (Phi) is 3.90. The summed E-state index contributed by atoms with van der Waals surface area (Å²) in [5.74, 6) is 1.72. The van der Waals surface area contributed by atoms with Crippen LogP contribution in [-0.2, 0) is 12.8 Å². The van der Waals surface area contributed by atoms with Crippen molar-refractivity contribution in [2.75, 3.05) is 20.1 Å². The summed E-state index contributed by atoms with van der Waals surface area (Å²) in [5, 5.41) is 0. The smallest absolute Gasteiger partial charge is 0.0155 e. The van der Waals surface area contributed by atoms with Crippen LogP contribution < -0.4 is 5.73 Å². The highest BCUT2D eigenvalue weighted by molar-refractivity contribution is 5.30. The van der Waals surface area contributed by atoms with Crippen LogP contribution in [0.3, 0.4) is 0 Å². The Labute approximate surface area is 117 Å². The number of hydrogen-bond acceptors (Lipinski definition) is 2. The summed E-state index contributed by atoms with van der Waals surface area (Å²) in [6.07, 6.45) is 6.52. The SMILES string of the molecule is CN(CCCN)C1C2CCC1Cc1ccccc1C2. The molecular formula is C17H26N2. The van der Waals surface area contributed by atoms with Gasteiger partial charge in [0.05, 0.1) is 0 Å². The number of nitrogens with zero attached hydrogens (tertiary/aromatic N) is 1. The quantitative estimate of drug-likeness (QED) is 0.899. The summed E-state index contributed by atoms with van der Waals surface area (Å²) in [6.45, 7) is 1.97. The predicted octanol–water partition coefficient (Wildman–Crippen LogP) is 2.46. The van der Waals surface area contributed by atoms with Crippen LogP contribution in [0.15, 0.2) is 24.3 Å². The largest absolute Gasteiger partial charge is 0.330 e. The Morgan fingerprint density at radius 2 is 1.68 bits per heavy atom. The van der Waals surface area contributed by atoms with Crippen molar-refractivity contribution in [1.82, 2.24) is 4.90 Å². The molecule has 104 valence electrons. The van der Waals surface area contributed by atoms with E-state index in [0.717, 1.165) is 37.4 Å². The molecule has 0 amide bonds. The fraction of sp³-hybridized carbons (Fsp3) is 0.647. The number of fused-ring (bicyclic) bond motifs is 3. The molecule has 19 heavy (non-hydrogen) atoms. The third-order valence-corrected chi connectivity index (χ3v) is 5.18. The first-order valence-corrected chi connectivity index (χ1v) is 7.76. The molecule has 1 fully saturated rings. The minimum Gasteiger partial charge on any atom is -0.330 e. The van der Waals surface area contributed by atoms with E-state index in [9.17, 15) is 0 Å². The minimum absolute atomic E-state index is 0.777. The van der Waals surface area contributed by atoms with Gasteiger partial charge in [0.1, 0.15) is 0 Å². The molecule has 0 aliphatic heterocycles. The first kappa shape index (κ1) is 13.1. The fourth-order valence-corrected chi connectivity index (χ4v) is 4.33. The molecule has 2 heteroatoms. The van der Waals surface area contributed by atoms with E-state index in [1.54, 1.807) is 11.1 Å². The average molecular weight is 258 g/mol. The van der Waals surface area contributed by atoms with E-state index in [1.165, 1.54) is 25.7 Å². The van der Waals surface area contributed by atoms with Gasteiger partial charge >= 0.3 is 0 Å². The number of nitrogens with two attached hydrogens (primary N) is 1. The van der Waals surface area contributed by atoms with Crippen LogP contribution in [0.4, 0.5) is 0 Å². The summed E-state index contributed by atoms with van der Waals surface area (Å²) in [4.78, 5) is 2.60. The molecule has 2 aliphatic rings. The van der Waals surface area contributed by atoms with Crippen LogP contribution in [0, 0.1) is 11.8 Å². The highest BCUT2D eigenvalue weighted by Crippen LogP contribution is 2.42. The third kappa shape index (κ3) is 2.56. The van der Waals surface area contributed by atoms with E-state index in [0.29, 0.717) is 0 Å². The van der Waals surface area contributed by atoms with Gasteiger partial charge in [-0.1, -0.05) is 24.3 Å². The minimum atomic E-state index is 0.777. The van der Waals surface area contributed by atoms with Crippen LogP contribution in [-0.4, -0.2) is 31.1 Å². The zero-order valence-electron chi connectivity index (χ0n) is 12.0. The van der Waals surface area contributed by atoms with Crippen LogP contribution in [0.25, 0.3) is 0 Å². The molecule has 2 bridgehead atoms. The number of benzene rings is 1. The molecule has 1 aromatic rings. The Morgan fingerprint density at radius 1 is 1.11 bits per heavy atom. The lowest BCUT2D eigenvalue weighted by atomic mass is 9.94. The van der Waals surface area contributed by atoms with Crippen molar-refractivity contribution in [3.8, 4) is 0 Å². The molecule has 1 aromatic carbocycles. The van der Waals surface area contributed by atoms with E-state index < -0.39 is 0 Å². The lowest BCUT2D eigenvalue weighted by molar-refractivity contribution is 0.159. The van der Waals surface area contributed by atoms with E-state index in [2.05, 4.69) is 36.2 Å². The van der Waals surface area contributed by atoms with Gasteiger partial charge in [-0.2, -0.15) is 0 Å². The van der Waals surface area contributed by atoms with Gasteiger partial charge < -0.3 is 10.6 Å². The lowest BCUT2D eigenvalue weighted by Gasteiger charge is -2.32. The van der Waals surface area contributed by atoms with Crippen LogP contribution in [0.2, 0.25) is 0 Å². The maximum Gasteiger partial charge on any atom is 0.0155 e. The Balaban J connectivity index is 1.79. The van der Waals surface area contributed by atoms with Gasteiger partial charge in [0.2, 0.25) is 0 Å². The topological polar surface area (TPSA) is 29.3 Å². The average Bonchev–Trinajstić information content (AvgIpc) is 2.71. The zero-order chi connectivity index (χ0) is 13.2. The van der Waals surface area contributed by atoms with Crippen molar-refractivity contribution in [2.24, 2.45) is 17.6 Å². The second kappa shape index (κ2) is 5.64. The summed E-state index contributed by atoms with van der Waals surface area (Å²) in [5.41, 5.74) is 8.87. The van der Waals surface area contributed by atoms with E-state index >= 15 is 0 Å². The molecule has 3 rings (SSSR count). The predicted molar refractivity (Wildman–Crippen MR) is 80.2 cm³/mol. The van der Waals surface area contributed by atoms with Gasteiger partial charge in [-0.15, -0.1) is 0 Å². The van der Waals surface area contributed by atoms with E-state index in [-0.39, 0.29) is 0 Å². The van der Waals surface area contributed by atoms with Crippen LogP contribution >= 0.6 is 0 Å². The summed E-state index contributed by atoms with van der Waals surface area (Å²) in [6, 6.07) is 9.86. The fourth-order valence-electron chi connectivity index (χ4n) is 4.33. The van der Waals surface area contributed by atoms with Crippen LogP contribution in [0.5, 0.6) is 0 Å². The Morgan fingerprint density at radius 3 is 2.21 bits per heavy atom. The maximum atomic E-state index is 5.66. The molecule has 2 N–H and O–H groups in total. The molecule has 2 nitrogen and oxygen atoms in total. The molecule has 2 atom stereocenters. The molecule has 1 saturated carbocycles. The summed E-state index contributed by atoms with van der Waals surface area (Å²) < 4.78 is 0. The lowest BCUT2D eigenvalue weighted by Crippen LogP contribution is -2.40. The molecule has 0 aromatic heterocycles. The van der Waals surface area contributed by atoms with Crippen molar-refractivity contribution in [1.29, 1.82) is 0 Å². The molecule has 0 radical (unpaired) electrons. The Hall–Kier alpha value is -0.860. The second-order valence-corrected chi connectivity index (χ2v) is 6.39. The van der Waals surface area contributed by atoms with Crippen molar-refractivity contribution in [3.63, 3.8) is 0 Å². The van der Waals surface area contributed by atoms with Crippen molar-refractivity contribution in [2.45, 2.75) is 38.1 Å². The van der Waals surface area contributed by atoms with Gasteiger partial charge in [0.15, 0.2) is 0 Å². The summed E-state index contributed by atoms with van der Waals surface area (Å²) >= 11 is 0. The number of rotatable bonds is 4. The number of hydrogen-bond donors (Lipinski definition) is 1. The Bertz CT molecular complexity index is 396. The summed E-state index contributed by atoms with van der Waals surface area (Å²) in [7, 11) is 2.31. The maximum absolute atomic E-state index is 5.66. The van der Waals surface area contributed by atoms with Crippen LogP contribution in [0.1, 0.15) is 30.4 Å². The van der Waals surface area contributed by atoms with Gasteiger partial charge in [0, 0.05) is 6.04 Å². The molecule has 0 spiro atoms. The first-order chi connectivity index (χ1) is 9.29. The second-order valence-electron chi connectivity index (χ2n) is 6.39. The van der Waals surface area contributed by atoms with E-state index in [1.807, 2.05) is 0 Å². The molecular weight excluding hydrogens is 232 g/mol. The standard InChI is InChI=1S/C17H26N2/c1-19(10-4-9-18)17-15-7-8-16(17)12-14-6-3-2-5-13(14)11-15/h2-3,5-6,15-17H,4,7-12,18H2,1H3. The van der Waals surface area contributed by atoms with E-state index in [4.69, 9.17) is 5.73 Å². The normalized spacial score (nSPS) is 29.3. The zero-order valence-corrected chi connectivity index (χ0v) is 12.0. The molecule has 0 saturated heterocycles. The molecule has 0 heterocycles. The monoisotopic (exact) mass is 258 g/mol. The highest BCUT2D eigenvalue weighted by atomic mass is 15.1. The van der Waals surface area contributed by atoms with Crippen molar-refractivity contribution < 1.29 is 0 Å². The molecule has 2 unspecified atom stereocenters. The molecule has 2 aliphatic carbocycles. The van der Waals surface area contributed by atoms with Gasteiger partial charge in [-0.3, -0.25) is 0 Å². The van der Waals surface area contributed by atoms with Gasteiger partial charge in [-0.25, -0.2) is 0 Å². The van der Waals surface area contributed by atoms with Gasteiger partial charge in [-0.05, 0) is 75.2 Å². The van der Waals surface area contributed by atoms with Gasteiger partial charge in [0.25, 0.3) is 0 Å². The third-order valence-electron chi connectivity index (χ3n) is 5.18. The van der Waals surface area contributed by atoms with Crippen molar-refractivity contribution in [3.05, 3.63) is 35.4 Å². The first-order valence-electron chi connectivity index (χ1n) is 7.76.